The van der Waals surface area contributed by atoms with Gasteiger partial charge < -0.3 is 14.8 Å². The summed E-state index contributed by atoms with van der Waals surface area (Å²) in [7, 11) is 3.13. The number of amides is 1. The average molecular weight is 394 g/mol. The number of hydrogen-bond donors (Lipinski definition) is 1. The largest absolute Gasteiger partial charge is 0.493 e. The molecule has 8 heteroatoms. The molecular weight excluding hydrogens is 373 g/mol. The second-order valence-electron chi connectivity index (χ2n) is 6.58. The Morgan fingerprint density at radius 3 is 2.36 bits per heavy atom. The van der Waals surface area contributed by atoms with Crippen molar-refractivity contribution in [3.8, 4) is 11.5 Å². The molecule has 0 aliphatic carbocycles. The zero-order valence-corrected chi connectivity index (χ0v) is 15.8. The van der Waals surface area contributed by atoms with Crippen LogP contribution in [0.15, 0.2) is 24.3 Å². The van der Waals surface area contributed by atoms with Crippen molar-refractivity contribution >= 4 is 11.6 Å². The first kappa shape index (κ1) is 20.0. The molecule has 150 valence electrons. The molecule has 1 aliphatic rings. The van der Waals surface area contributed by atoms with E-state index in [4.69, 9.17) is 9.47 Å². The van der Waals surface area contributed by atoms with Crippen molar-refractivity contribution in [1.29, 1.82) is 0 Å². The number of methoxy groups -OCH3 is 2. The van der Waals surface area contributed by atoms with Crippen LogP contribution in [0, 0.1) is 17.5 Å². The summed E-state index contributed by atoms with van der Waals surface area (Å²) in [5.41, 5.74) is 1.72. The number of benzene rings is 2. The molecule has 1 amide bonds. The minimum atomic E-state index is -1.61. The number of carbonyl (C=O) groups excluding carboxylic acids is 1. The molecule has 3 rings (SSSR count). The van der Waals surface area contributed by atoms with Crippen molar-refractivity contribution in [1.82, 2.24) is 4.90 Å². The molecule has 2 aromatic carbocycles. The first-order valence-corrected chi connectivity index (χ1v) is 8.77. The van der Waals surface area contributed by atoms with Crippen LogP contribution in [-0.4, -0.2) is 37.6 Å². The zero-order valence-electron chi connectivity index (χ0n) is 15.8. The van der Waals surface area contributed by atoms with Crippen LogP contribution in [0.25, 0.3) is 0 Å². The Kier molecular flexibility index (Phi) is 5.79. The summed E-state index contributed by atoms with van der Waals surface area (Å²) in [5, 5.41) is 2.33. The van der Waals surface area contributed by atoms with Crippen LogP contribution in [0.4, 0.5) is 18.9 Å². The van der Waals surface area contributed by atoms with Gasteiger partial charge in [0.2, 0.25) is 5.91 Å². The topological polar surface area (TPSA) is 50.8 Å². The highest BCUT2D eigenvalue weighted by molar-refractivity contribution is 5.94. The molecule has 1 unspecified atom stereocenters. The fourth-order valence-electron chi connectivity index (χ4n) is 3.26. The summed E-state index contributed by atoms with van der Waals surface area (Å²) in [6, 6.07) is 4.97. The molecule has 0 radical (unpaired) electrons. The Hall–Kier alpha value is -2.74. The van der Waals surface area contributed by atoms with Gasteiger partial charge in [-0.25, -0.2) is 13.2 Å². The number of anilines is 1. The predicted molar refractivity (Wildman–Crippen MR) is 98.1 cm³/mol. The van der Waals surface area contributed by atoms with E-state index in [9.17, 15) is 18.0 Å². The second kappa shape index (κ2) is 8.10. The van der Waals surface area contributed by atoms with Crippen molar-refractivity contribution in [2.75, 3.05) is 26.1 Å². The highest BCUT2D eigenvalue weighted by Crippen LogP contribution is 2.33. The summed E-state index contributed by atoms with van der Waals surface area (Å²) >= 11 is 0. The molecule has 0 saturated heterocycles. The molecule has 0 spiro atoms. The summed E-state index contributed by atoms with van der Waals surface area (Å²) in [4.78, 5) is 14.4. The molecule has 0 bridgehead atoms. The summed E-state index contributed by atoms with van der Waals surface area (Å²) in [6.45, 7) is 2.78. The minimum Gasteiger partial charge on any atom is -0.493 e. The second-order valence-corrected chi connectivity index (χ2v) is 6.58. The van der Waals surface area contributed by atoms with E-state index >= 15 is 0 Å². The standard InChI is InChI=1S/C20H21F3N2O3/c1-11(20(26)24-15-5-4-14(21)18(22)19(15)23)25-7-6-12-8-16(27-2)17(28-3)9-13(12)10-25/h4-5,8-9,11H,6-7,10H2,1-3H3,(H,24,26). The number of nitrogens with zero attached hydrogens (tertiary/aromatic N) is 1. The summed E-state index contributed by atoms with van der Waals surface area (Å²) in [6.07, 6.45) is 0.701. The normalized spacial score (nSPS) is 14.9. The predicted octanol–water partition coefficient (Wildman–Crippen LogP) is 3.51. The van der Waals surface area contributed by atoms with Gasteiger partial charge in [0.1, 0.15) is 0 Å². The molecule has 5 nitrogen and oxygen atoms in total. The molecule has 1 N–H and O–H groups in total. The summed E-state index contributed by atoms with van der Waals surface area (Å²) in [5.74, 6) is -3.59. The summed E-state index contributed by atoms with van der Waals surface area (Å²) < 4.78 is 50.9. The lowest BCUT2D eigenvalue weighted by Gasteiger charge is -2.33. The Morgan fingerprint density at radius 1 is 1.07 bits per heavy atom. The van der Waals surface area contributed by atoms with Crippen molar-refractivity contribution in [2.45, 2.75) is 25.9 Å². The van der Waals surface area contributed by atoms with Gasteiger partial charge in [0, 0.05) is 13.1 Å². The highest BCUT2D eigenvalue weighted by atomic mass is 19.2. The number of hydrogen-bond acceptors (Lipinski definition) is 4. The molecule has 0 fully saturated rings. The number of rotatable bonds is 5. The van der Waals surface area contributed by atoms with E-state index in [1.54, 1.807) is 21.1 Å². The van der Waals surface area contributed by atoms with Crippen molar-refractivity contribution in [3.63, 3.8) is 0 Å². The van der Waals surface area contributed by atoms with E-state index in [1.165, 1.54) is 0 Å². The number of nitrogens with one attached hydrogen (secondary N) is 1. The molecule has 0 saturated carbocycles. The third-order valence-electron chi connectivity index (χ3n) is 4.97. The maximum atomic E-state index is 13.8. The van der Waals surface area contributed by atoms with E-state index in [-0.39, 0.29) is 5.69 Å². The number of fused-ring (bicyclic) bond motifs is 1. The third kappa shape index (κ3) is 3.77. The van der Waals surface area contributed by atoms with E-state index < -0.39 is 29.4 Å². The monoisotopic (exact) mass is 394 g/mol. The van der Waals surface area contributed by atoms with Gasteiger partial charge in [0.05, 0.1) is 25.9 Å². The Balaban J connectivity index is 1.74. The fraction of sp³-hybridized carbons (Fsp3) is 0.350. The van der Waals surface area contributed by atoms with Crippen LogP contribution in [0.2, 0.25) is 0 Å². The van der Waals surface area contributed by atoms with Crippen molar-refractivity contribution < 1.29 is 27.4 Å². The Labute approximate surface area is 161 Å². The highest BCUT2D eigenvalue weighted by Gasteiger charge is 2.27. The minimum absolute atomic E-state index is 0.389. The Morgan fingerprint density at radius 2 is 1.71 bits per heavy atom. The van der Waals surface area contributed by atoms with E-state index in [0.717, 1.165) is 23.3 Å². The molecule has 1 aliphatic heterocycles. The van der Waals surface area contributed by atoms with Gasteiger partial charge >= 0.3 is 0 Å². The molecular formula is C20H21F3N2O3. The van der Waals surface area contributed by atoms with Crippen LogP contribution >= 0.6 is 0 Å². The van der Waals surface area contributed by atoms with Crippen LogP contribution in [0.1, 0.15) is 18.1 Å². The first-order valence-electron chi connectivity index (χ1n) is 8.77. The van der Waals surface area contributed by atoms with Crippen LogP contribution in [-0.2, 0) is 17.8 Å². The van der Waals surface area contributed by atoms with Crippen molar-refractivity contribution in [3.05, 3.63) is 52.8 Å². The average Bonchev–Trinajstić information content (AvgIpc) is 2.71. The molecule has 1 heterocycles. The lowest BCUT2D eigenvalue weighted by Crippen LogP contribution is -2.44. The quantitative estimate of drug-likeness (QED) is 0.789. The lowest BCUT2D eigenvalue weighted by atomic mass is 9.97. The van der Waals surface area contributed by atoms with Crippen LogP contribution < -0.4 is 14.8 Å². The smallest absolute Gasteiger partial charge is 0.241 e. The van der Waals surface area contributed by atoms with Gasteiger partial charge in [-0.1, -0.05) is 0 Å². The van der Waals surface area contributed by atoms with Gasteiger partial charge in [-0.15, -0.1) is 0 Å². The molecule has 2 aromatic rings. The lowest BCUT2D eigenvalue weighted by molar-refractivity contribution is -0.121. The Bertz CT molecular complexity index is 905. The van der Waals surface area contributed by atoms with Gasteiger partial charge in [-0.2, -0.15) is 0 Å². The van der Waals surface area contributed by atoms with E-state index in [2.05, 4.69) is 5.32 Å². The zero-order chi connectivity index (χ0) is 20.4. The fourth-order valence-corrected chi connectivity index (χ4v) is 3.26. The molecule has 1 atom stereocenters. The first-order chi connectivity index (χ1) is 13.3. The van der Waals surface area contributed by atoms with E-state index in [1.807, 2.05) is 17.0 Å². The number of halogens is 3. The molecule has 0 aromatic heterocycles. The van der Waals surface area contributed by atoms with Gasteiger partial charge in [-0.05, 0) is 48.7 Å². The van der Waals surface area contributed by atoms with Gasteiger partial charge in [-0.3, -0.25) is 9.69 Å². The maximum Gasteiger partial charge on any atom is 0.241 e. The number of ether oxygens (including phenoxy) is 2. The van der Waals surface area contributed by atoms with Gasteiger partial charge in [0.15, 0.2) is 29.0 Å². The maximum absolute atomic E-state index is 13.8. The third-order valence-corrected chi connectivity index (χ3v) is 4.97. The van der Waals surface area contributed by atoms with E-state index in [0.29, 0.717) is 31.0 Å². The van der Waals surface area contributed by atoms with Gasteiger partial charge in [0.25, 0.3) is 0 Å². The van der Waals surface area contributed by atoms with Crippen LogP contribution in [0.3, 0.4) is 0 Å². The molecule has 28 heavy (non-hydrogen) atoms. The van der Waals surface area contributed by atoms with Crippen molar-refractivity contribution in [2.24, 2.45) is 0 Å². The SMILES string of the molecule is COc1cc2c(cc1OC)CN(C(C)C(=O)Nc1ccc(F)c(F)c1F)CC2. The van der Waals surface area contributed by atoms with Crippen LogP contribution in [0.5, 0.6) is 11.5 Å². The number of carbonyl (C=O) groups is 1.